The summed E-state index contributed by atoms with van der Waals surface area (Å²) in [6.07, 6.45) is 7.17. The topological polar surface area (TPSA) is 43.2 Å². The highest BCUT2D eigenvalue weighted by atomic mass is 35.5. The summed E-state index contributed by atoms with van der Waals surface area (Å²) in [6, 6.07) is 5.40. The number of ether oxygens (including phenoxy) is 1. The van der Waals surface area contributed by atoms with Crippen molar-refractivity contribution in [1.29, 1.82) is 0 Å². The summed E-state index contributed by atoms with van der Waals surface area (Å²) in [7, 11) is 0. The van der Waals surface area contributed by atoms with Crippen LogP contribution >= 0.6 is 11.6 Å². The molecular weight excluding hydrogens is 372 g/mol. The average molecular weight is 399 g/mol. The van der Waals surface area contributed by atoms with Gasteiger partial charge in [-0.1, -0.05) is 17.7 Å². The highest BCUT2D eigenvalue weighted by molar-refractivity contribution is 6.49. The second-order valence-corrected chi connectivity index (χ2v) is 8.88. The van der Waals surface area contributed by atoms with E-state index in [2.05, 4.69) is 40.5 Å². The van der Waals surface area contributed by atoms with Crippen LogP contribution in [-0.4, -0.2) is 52.0 Å². The molecule has 0 amide bonds. The van der Waals surface area contributed by atoms with E-state index in [1.165, 1.54) is 18.5 Å². The molecule has 2 aromatic rings. The third-order valence-electron chi connectivity index (χ3n) is 6.34. The molecule has 2 saturated heterocycles. The molecule has 2 aliphatic heterocycles. The molecule has 4 heterocycles. The number of likely N-dealkylation sites (tertiary alicyclic amines) is 1. The molecule has 0 N–H and O–H groups in total. The number of hydrogen-bond donors (Lipinski definition) is 0. The van der Waals surface area contributed by atoms with Gasteiger partial charge in [0.1, 0.15) is 0 Å². The molecule has 0 saturated carbocycles. The number of allylic oxidation sites excluding steroid dienone is 1. The third-order valence-corrected chi connectivity index (χ3v) is 6.69. The zero-order chi connectivity index (χ0) is 19.3. The van der Waals surface area contributed by atoms with Gasteiger partial charge in [0.05, 0.1) is 30.6 Å². The molecule has 3 aliphatic rings. The van der Waals surface area contributed by atoms with Gasteiger partial charge in [0, 0.05) is 46.4 Å². The minimum absolute atomic E-state index is 0.340. The van der Waals surface area contributed by atoms with Crippen LogP contribution in [0.4, 0.5) is 0 Å². The fraction of sp³-hybridized carbons (Fsp3) is 0.545. The number of halogens is 1. The number of nitrogens with zero attached hydrogens (tertiary/aromatic N) is 4. The minimum atomic E-state index is 0.340. The Bertz CT molecular complexity index is 907. The van der Waals surface area contributed by atoms with Gasteiger partial charge in [-0.05, 0) is 51.9 Å². The summed E-state index contributed by atoms with van der Waals surface area (Å²) in [4.78, 5) is 7.22. The Kier molecular flexibility index (Phi) is 4.77. The molecule has 0 radical (unpaired) electrons. The van der Waals surface area contributed by atoms with Crippen molar-refractivity contribution in [2.24, 2.45) is 0 Å². The van der Waals surface area contributed by atoms with Crippen molar-refractivity contribution in [2.45, 2.75) is 51.1 Å². The first-order chi connectivity index (χ1) is 13.6. The molecule has 148 valence electrons. The van der Waals surface area contributed by atoms with Crippen molar-refractivity contribution in [3.63, 3.8) is 0 Å². The van der Waals surface area contributed by atoms with Crippen molar-refractivity contribution < 1.29 is 4.74 Å². The minimum Gasteiger partial charge on any atom is -0.378 e. The summed E-state index contributed by atoms with van der Waals surface area (Å²) in [5.74, 6) is 0.562. The second-order valence-electron chi connectivity index (χ2n) is 8.47. The van der Waals surface area contributed by atoms with Crippen LogP contribution in [0.5, 0.6) is 0 Å². The molecule has 0 aromatic carbocycles. The predicted molar refractivity (Wildman–Crippen MR) is 112 cm³/mol. The number of rotatable bonds is 4. The van der Waals surface area contributed by atoms with Crippen molar-refractivity contribution in [3.8, 4) is 11.3 Å². The smallest absolute Gasteiger partial charge is 0.0941 e. The Labute approximate surface area is 171 Å². The van der Waals surface area contributed by atoms with Gasteiger partial charge in [0.25, 0.3) is 0 Å². The Hall–Kier alpha value is -1.69. The molecule has 5 rings (SSSR count). The molecule has 0 bridgehead atoms. The summed E-state index contributed by atoms with van der Waals surface area (Å²) in [5.41, 5.74) is 5.53. The second kappa shape index (κ2) is 7.29. The van der Waals surface area contributed by atoms with E-state index in [0.717, 1.165) is 60.3 Å². The molecule has 5 nitrogen and oxygen atoms in total. The van der Waals surface area contributed by atoms with Crippen molar-refractivity contribution in [2.75, 3.05) is 26.3 Å². The summed E-state index contributed by atoms with van der Waals surface area (Å²) in [6.45, 7) is 8.53. The molecule has 1 aliphatic carbocycles. The van der Waals surface area contributed by atoms with Gasteiger partial charge in [0.2, 0.25) is 0 Å². The summed E-state index contributed by atoms with van der Waals surface area (Å²) in [5, 5.41) is 5.77. The van der Waals surface area contributed by atoms with Crippen molar-refractivity contribution in [1.82, 2.24) is 19.7 Å². The van der Waals surface area contributed by atoms with E-state index in [0.29, 0.717) is 18.0 Å². The van der Waals surface area contributed by atoms with Gasteiger partial charge >= 0.3 is 0 Å². The molecule has 28 heavy (non-hydrogen) atoms. The zero-order valence-corrected chi connectivity index (χ0v) is 17.3. The maximum absolute atomic E-state index is 6.35. The van der Waals surface area contributed by atoms with E-state index in [4.69, 9.17) is 21.4 Å². The van der Waals surface area contributed by atoms with Crippen LogP contribution in [0.15, 0.2) is 24.4 Å². The number of hydrogen-bond acceptors (Lipinski definition) is 4. The van der Waals surface area contributed by atoms with Gasteiger partial charge in [0.15, 0.2) is 0 Å². The van der Waals surface area contributed by atoms with Crippen LogP contribution < -0.4 is 0 Å². The van der Waals surface area contributed by atoms with Gasteiger partial charge < -0.3 is 4.74 Å². The van der Waals surface area contributed by atoms with E-state index in [1.807, 2.05) is 12.3 Å². The quantitative estimate of drug-likeness (QED) is 0.772. The van der Waals surface area contributed by atoms with Crippen LogP contribution in [-0.2, 0) is 11.2 Å². The van der Waals surface area contributed by atoms with E-state index < -0.39 is 0 Å². The molecule has 2 aromatic heterocycles. The summed E-state index contributed by atoms with van der Waals surface area (Å²) < 4.78 is 7.58. The van der Waals surface area contributed by atoms with Crippen LogP contribution in [0.3, 0.4) is 0 Å². The monoisotopic (exact) mass is 398 g/mol. The molecular formula is C22H27ClN4O. The molecule has 0 spiro atoms. The lowest BCUT2D eigenvalue weighted by atomic mass is 9.91. The largest absolute Gasteiger partial charge is 0.378 e. The number of aromatic nitrogens is 3. The van der Waals surface area contributed by atoms with E-state index in [1.54, 1.807) is 0 Å². The van der Waals surface area contributed by atoms with Crippen LogP contribution in [0, 0.1) is 0 Å². The third kappa shape index (κ3) is 3.19. The Balaban J connectivity index is 1.41. The van der Waals surface area contributed by atoms with E-state index in [-0.39, 0.29) is 0 Å². The first-order valence-electron chi connectivity index (χ1n) is 10.4. The van der Waals surface area contributed by atoms with Crippen molar-refractivity contribution in [3.05, 3.63) is 41.4 Å². The Morgan fingerprint density at radius 2 is 1.96 bits per heavy atom. The van der Waals surface area contributed by atoms with Crippen LogP contribution in [0.1, 0.15) is 55.6 Å². The molecule has 0 unspecified atom stereocenters. The molecule has 2 fully saturated rings. The molecule has 0 atom stereocenters. The Morgan fingerprint density at radius 1 is 1.18 bits per heavy atom. The van der Waals surface area contributed by atoms with Gasteiger partial charge in [-0.25, -0.2) is 0 Å². The van der Waals surface area contributed by atoms with E-state index in [9.17, 15) is 0 Å². The maximum Gasteiger partial charge on any atom is 0.0941 e. The first-order valence-corrected chi connectivity index (χ1v) is 10.7. The predicted octanol–water partition coefficient (Wildman–Crippen LogP) is 4.24. The Morgan fingerprint density at radius 3 is 2.64 bits per heavy atom. The van der Waals surface area contributed by atoms with Gasteiger partial charge in [-0.15, -0.1) is 0 Å². The molecule has 6 heteroatoms. The highest BCUT2D eigenvalue weighted by Gasteiger charge is 2.31. The summed E-state index contributed by atoms with van der Waals surface area (Å²) >= 11 is 6.35. The van der Waals surface area contributed by atoms with Crippen LogP contribution in [0.2, 0.25) is 0 Å². The average Bonchev–Trinajstić information content (AvgIpc) is 3.25. The van der Waals surface area contributed by atoms with Gasteiger partial charge in [-0.3, -0.25) is 14.6 Å². The number of fused-ring (bicyclic) bond motifs is 1. The lowest BCUT2D eigenvalue weighted by Gasteiger charge is -2.41. The fourth-order valence-electron chi connectivity index (χ4n) is 4.56. The zero-order valence-electron chi connectivity index (χ0n) is 16.6. The fourth-order valence-corrected chi connectivity index (χ4v) is 4.80. The van der Waals surface area contributed by atoms with Gasteiger partial charge in [-0.2, -0.15) is 5.10 Å². The lowest BCUT2D eigenvalue weighted by molar-refractivity contribution is -0.0714. The normalized spacial score (nSPS) is 21.1. The van der Waals surface area contributed by atoms with E-state index >= 15 is 0 Å². The number of piperidine rings is 1. The maximum atomic E-state index is 6.35. The SMILES string of the molecule is CC(C)n1nc(-c2cnc3c(c2)C(Cl)=CC3)cc1C1CCN(C2COC2)CC1. The van der Waals surface area contributed by atoms with Crippen LogP contribution in [0.25, 0.3) is 16.3 Å². The lowest BCUT2D eigenvalue weighted by Crippen LogP contribution is -2.51. The first kappa shape index (κ1) is 18.3. The van der Waals surface area contributed by atoms with Crippen molar-refractivity contribution >= 4 is 16.6 Å². The number of pyridine rings is 1. The standard InChI is InChI=1S/C22H27ClN4O/c1-14(2)27-22(15-5-7-26(8-6-15)17-12-28-13-17)10-21(25-27)16-9-18-19(23)3-4-20(18)24-11-16/h3,9-11,14-15,17H,4-8,12-13H2,1-2H3. The highest BCUT2D eigenvalue weighted by Crippen LogP contribution is 2.36.